The summed E-state index contributed by atoms with van der Waals surface area (Å²) in [6, 6.07) is 13.1. The third-order valence-electron chi connectivity index (χ3n) is 4.23. The Morgan fingerprint density at radius 3 is 2.74 bits per heavy atom. The molecular formula is C17H24N2. The van der Waals surface area contributed by atoms with Gasteiger partial charge in [-0.25, -0.2) is 0 Å². The Morgan fingerprint density at radius 2 is 2.00 bits per heavy atom. The van der Waals surface area contributed by atoms with E-state index in [4.69, 9.17) is 0 Å². The first-order chi connectivity index (χ1) is 9.29. The third-order valence-corrected chi connectivity index (χ3v) is 4.23. The first-order valence-electron chi connectivity index (χ1n) is 7.47. The molecule has 0 heterocycles. The predicted molar refractivity (Wildman–Crippen MR) is 78.8 cm³/mol. The molecule has 2 nitrogen and oxygen atoms in total. The molecule has 1 aromatic carbocycles. The molecule has 1 fully saturated rings. The Balaban J connectivity index is 1.85. The van der Waals surface area contributed by atoms with E-state index in [-0.39, 0.29) is 5.92 Å². The smallest absolute Gasteiger partial charge is 0.0837 e. The number of nitrogens with one attached hydrogen (secondary N) is 1. The van der Waals surface area contributed by atoms with Crippen molar-refractivity contribution in [2.75, 3.05) is 6.54 Å². The van der Waals surface area contributed by atoms with Gasteiger partial charge in [-0.3, -0.25) is 0 Å². The fourth-order valence-corrected chi connectivity index (χ4v) is 2.90. The zero-order valence-corrected chi connectivity index (χ0v) is 11.8. The third kappa shape index (κ3) is 4.36. The van der Waals surface area contributed by atoms with Gasteiger partial charge in [0.05, 0.1) is 12.0 Å². The molecule has 3 atom stereocenters. The number of nitrogens with zero attached hydrogens (tertiary/aromatic N) is 1. The number of hydrogen-bond donors (Lipinski definition) is 1. The molecule has 1 aliphatic carbocycles. The van der Waals surface area contributed by atoms with E-state index in [9.17, 15) is 5.26 Å². The van der Waals surface area contributed by atoms with Crippen molar-refractivity contribution in [1.82, 2.24) is 5.32 Å². The zero-order valence-electron chi connectivity index (χ0n) is 11.8. The van der Waals surface area contributed by atoms with Crippen molar-refractivity contribution in [2.24, 2.45) is 5.92 Å². The van der Waals surface area contributed by atoms with Crippen LogP contribution in [0.4, 0.5) is 0 Å². The summed E-state index contributed by atoms with van der Waals surface area (Å²) in [6.45, 7) is 3.13. The second-order valence-corrected chi connectivity index (χ2v) is 5.81. The van der Waals surface area contributed by atoms with Crippen LogP contribution < -0.4 is 5.32 Å². The van der Waals surface area contributed by atoms with E-state index in [0.717, 1.165) is 18.0 Å². The maximum Gasteiger partial charge on any atom is 0.0837 e. The largest absolute Gasteiger partial charge is 0.312 e. The standard InChI is InChI=1S/C17H24N2/c1-14-6-5-9-17(11-10-14)19-13-16(12-18)15-7-3-2-4-8-15/h2-4,7-8,14,16-17,19H,5-6,9-11,13H2,1H3. The minimum absolute atomic E-state index is 0.0260. The Hall–Kier alpha value is -1.33. The van der Waals surface area contributed by atoms with Gasteiger partial charge in [0.2, 0.25) is 0 Å². The molecule has 1 aromatic rings. The van der Waals surface area contributed by atoms with Gasteiger partial charge < -0.3 is 5.32 Å². The first kappa shape index (κ1) is 14.1. The maximum absolute atomic E-state index is 9.32. The summed E-state index contributed by atoms with van der Waals surface area (Å²) in [5.74, 6) is 0.842. The van der Waals surface area contributed by atoms with E-state index >= 15 is 0 Å². The van der Waals surface area contributed by atoms with Gasteiger partial charge in [-0.05, 0) is 30.7 Å². The van der Waals surface area contributed by atoms with Gasteiger partial charge in [0.15, 0.2) is 0 Å². The molecule has 0 saturated heterocycles. The normalized spacial score (nSPS) is 25.3. The number of nitriles is 1. The summed E-state index contributed by atoms with van der Waals surface area (Å²) in [7, 11) is 0. The SMILES string of the molecule is CC1CCCC(NCC(C#N)c2ccccc2)CC1. The molecule has 3 unspecified atom stereocenters. The molecule has 0 aliphatic heterocycles. The highest BCUT2D eigenvalue weighted by Gasteiger charge is 2.17. The van der Waals surface area contributed by atoms with Crippen LogP contribution in [0.5, 0.6) is 0 Å². The van der Waals surface area contributed by atoms with E-state index in [1.54, 1.807) is 0 Å². The van der Waals surface area contributed by atoms with Crippen LogP contribution in [0.2, 0.25) is 0 Å². The molecule has 0 spiro atoms. The Morgan fingerprint density at radius 1 is 1.21 bits per heavy atom. The summed E-state index contributed by atoms with van der Waals surface area (Å²) in [4.78, 5) is 0. The minimum atomic E-state index is -0.0260. The fraction of sp³-hybridized carbons (Fsp3) is 0.588. The van der Waals surface area contributed by atoms with Crippen LogP contribution in [0, 0.1) is 17.2 Å². The van der Waals surface area contributed by atoms with E-state index in [0.29, 0.717) is 6.04 Å². The van der Waals surface area contributed by atoms with Gasteiger partial charge in [0.25, 0.3) is 0 Å². The van der Waals surface area contributed by atoms with E-state index in [2.05, 4.69) is 18.3 Å². The van der Waals surface area contributed by atoms with E-state index < -0.39 is 0 Å². The van der Waals surface area contributed by atoms with Crippen molar-refractivity contribution in [2.45, 2.75) is 51.0 Å². The van der Waals surface area contributed by atoms with Crippen molar-refractivity contribution >= 4 is 0 Å². The molecule has 0 bridgehead atoms. The van der Waals surface area contributed by atoms with Crippen LogP contribution in [-0.2, 0) is 0 Å². The van der Waals surface area contributed by atoms with Crippen LogP contribution in [-0.4, -0.2) is 12.6 Å². The van der Waals surface area contributed by atoms with Crippen molar-refractivity contribution in [1.29, 1.82) is 5.26 Å². The molecule has 19 heavy (non-hydrogen) atoms. The van der Waals surface area contributed by atoms with Crippen LogP contribution in [0.1, 0.15) is 50.5 Å². The van der Waals surface area contributed by atoms with Gasteiger partial charge in [-0.2, -0.15) is 5.26 Å². The van der Waals surface area contributed by atoms with E-state index in [1.807, 2.05) is 30.3 Å². The lowest BCUT2D eigenvalue weighted by atomic mass is 9.99. The highest BCUT2D eigenvalue weighted by Crippen LogP contribution is 2.23. The summed E-state index contributed by atoms with van der Waals surface area (Å²) >= 11 is 0. The van der Waals surface area contributed by atoms with Crippen molar-refractivity contribution < 1.29 is 0 Å². The maximum atomic E-state index is 9.32. The fourth-order valence-electron chi connectivity index (χ4n) is 2.90. The molecule has 0 aromatic heterocycles. The van der Waals surface area contributed by atoms with Crippen molar-refractivity contribution in [3.8, 4) is 6.07 Å². The summed E-state index contributed by atoms with van der Waals surface area (Å²) in [5, 5.41) is 12.9. The van der Waals surface area contributed by atoms with Gasteiger partial charge in [0.1, 0.15) is 0 Å². The minimum Gasteiger partial charge on any atom is -0.312 e. The van der Waals surface area contributed by atoms with Crippen LogP contribution in [0.3, 0.4) is 0 Å². The zero-order chi connectivity index (χ0) is 13.5. The van der Waals surface area contributed by atoms with Crippen LogP contribution in [0.25, 0.3) is 0 Å². The highest BCUT2D eigenvalue weighted by atomic mass is 14.9. The average molecular weight is 256 g/mol. The van der Waals surface area contributed by atoms with Gasteiger partial charge in [-0.15, -0.1) is 0 Å². The second-order valence-electron chi connectivity index (χ2n) is 5.81. The van der Waals surface area contributed by atoms with Crippen molar-refractivity contribution in [3.05, 3.63) is 35.9 Å². The van der Waals surface area contributed by atoms with Crippen molar-refractivity contribution in [3.63, 3.8) is 0 Å². The Kier molecular flexibility index (Phi) is 5.42. The molecule has 0 amide bonds. The number of hydrogen-bond acceptors (Lipinski definition) is 2. The lowest BCUT2D eigenvalue weighted by molar-refractivity contribution is 0.444. The highest BCUT2D eigenvalue weighted by molar-refractivity contribution is 5.25. The lowest BCUT2D eigenvalue weighted by Gasteiger charge is -2.18. The summed E-state index contributed by atoms with van der Waals surface area (Å²) < 4.78 is 0. The molecule has 0 radical (unpaired) electrons. The van der Waals surface area contributed by atoms with Crippen LogP contribution in [0.15, 0.2) is 30.3 Å². The number of benzene rings is 1. The molecule has 1 N–H and O–H groups in total. The second kappa shape index (κ2) is 7.31. The summed E-state index contributed by atoms with van der Waals surface area (Å²) in [6.07, 6.45) is 6.52. The van der Waals surface area contributed by atoms with Gasteiger partial charge >= 0.3 is 0 Å². The molecule has 2 rings (SSSR count). The molecule has 102 valence electrons. The Bertz CT molecular complexity index is 407. The number of rotatable bonds is 4. The topological polar surface area (TPSA) is 35.8 Å². The molecule has 1 saturated carbocycles. The quantitative estimate of drug-likeness (QED) is 0.830. The molecule has 1 aliphatic rings. The predicted octanol–water partition coefficient (Wildman–Crippen LogP) is 3.85. The first-order valence-corrected chi connectivity index (χ1v) is 7.47. The average Bonchev–Trinajstić information content (AvgIpc) is 2.66. The Labute approximate surface area is 116 Å². The lowest BCUT2D eigenvalue weighted by Crippen LogP contribution is -2.32. The van der Waals surface area contributed by atoms with E-state index in [1.165, 1.54) is 32.1 Å². The molecular weight excluding hydrogens is 232 g/mol. The van der Waals surface area contributed by atoms with Gasteiger partial charge in [-0.1, -0.05) is 50.1 Å². The monoisotopic (exact) mass is 256 g/mol. The summed E-state index contributed by atoms with van der Waals surface area (Å²) in [5.41, 5.74) is 1.12. The molecule has 2 heteroatoms. The van der Waals surface area contributed by atoms with Crippen LogP contribution >= 0.6 is 0 Å². The van der Waals surface area contributed by atoms with Gasteiger partial charge in [0, 0.05) is 12.6 Å².